The number of anilines is 1. The number of alkyl halides is 3. The molecule has 0 aliphatic rings. The van der Waals surface area contributed by atoms with Crippen molar-refractivity contribution in [1.29, 1.82) is 0 Å². The van der Waals surface area contributed by atoms with Crippen molar-refractivity contribution >= 4 is 26.6 Å². The van der Waals surface area contributed by atoms with Gasteiger partial charge in [0.1, 0.15) is 4.90 Å². The van der Waals surface area contributed by atoms with Gasteiger partial charge in [-0.1, -0.05) is 12.1 Å². The lowest BCUT2D eigenvalue weighted by molar-refractivity contribution is -0.137. The number of nitrogens with one attached hydrogen (secondary N) is 1. The molecule has 30 heavy (non-hydrogen) atoms. The van der Waals surface area contributed by atoms with Crippen molar-refractivity contribution < 1.29 is 21.6 Å². The molecule has 12 heteroatoms. The van der Waals surface area contributed by atoms with Gasteiger partial charge < -0.3 is 0 Å². The van der Waals surface area contributed by atoms with E-state index in [1.807, 2.05) is 0 Å². The molecule has 0 atom stereocenters. The highest BCUT2D eigenvalue weighted by Crippen LogP contribution is 2.30. The molecule has 0 radical (unpaired) electrons. The molecule has 1 N–H and O–H groups in total. The number of fused-ring (bicyclic) bond motifs is 1. The fraction of sp³-hybridized carbons (Fsp3) is 0.167. The van der Waals surface area contributed by atoms with Crippen LogP contribution in [0.3, 0.4) is 0 Å². The summed E-state index contributed by atoms with van der Waals surface area (Å²) in [5, 5.41) is 8.55. The molecule has 156 valence electrons. The average molecular weight is 436 g/mol. The van der Waals surface area contributed by atoms with Crippen LogP contribution in [0, 0.1) is 6.92 Å². The van der Waals surface area contributed by atoms with E-state index >= 15 is 0 Å². The SMILES string of the molecule is Cc1cc(S(=O)(=O)Nc2cccc3cnn(C)c23)cnc1-n1cc(C(F)(F)F)cn1. The van der Waals surface area contributed by atoms with Crippen LogP contribution in [0.2, 0.25) is 0 Å². The number of benzene rings is 1. The van der Waals surface area contributed by atoms with Crippen LogP contribution >= 0.6 is 0 Å². The van der Waals surface area contributed by atoms with Crippen LogP contribution in [0.25, 0.3) is 16.7 Å². The second-order valence-corrected chi connectivity index (χ2v) is 8.28. The number of hydrogen-bond donors (Lipinski definition) is 1. The zero-order chi connectivity index (χ0) is 21.7. The Labute approximate surface area is 169 Å². The Hall–Kier alpha value is -3.41. The van der Waals surface area contributed by atoms with Crippen LogP contribution in [-0.4, -0.2) is 33.0 Å². The van der Waals surface area contributed by atoms with E-state index in [0.29, 0.717) is 23.0 Å². The summed E-state index contributed by atoms with van der Waals surface area (Å²) >= 11 is 0. The van der Waals surface area contributed by atoms with Crippen molar-refractivity contribution in [3.8, 4) is 5.82 Å². The second-order valence-electron chi connectivity index (χ2n) is 6.60. The number of halogens is 3. The summed E-state index contributed by atoms with van der Waals surface area (Å²) in [6, 6.07) is 6.44. The predicted molar refractivity (Wildman–Crippen MR) is 103 cm³/mol. The Morgan fingerprint density at radius 2 is 1.87 bits per heavy atom. The maximum absolute atomic E-state index is 12.9. The van der Waals surface area contributed by atoms with Crippen molar-refractivity contribution in [2.45, 2.75) is 18.0 Å². The average Bonchev–Trinajstić information content (AvgIpc) is 3.29. The Balaban J connectivity index is 1.68. The summed E-state index contributed by atoms with van der Waals surface area (Å²) in [7, 11) is -2.31. The molecule has 0 fully saturated rings. The molecule has 0 aliphatic heterocycles. The number of pyridine rings is 1. The standard InChI is InChI=1S/C18H15F3N6O2S/c1-11-6-14(9-22-17(11)27-10-13(8-24-27)18(19,20)21)30(28,29)25-15-5-3-4-12-7-23-26(2)16(12)15/h3-10,25H,1-2H3. The number of nitrogens with zero attached hydrogens (tertiary/aromatic N) is 5. The number of para-hydroxylation sites is 1. The van der Waals surface area contributed by atoms with E-state index in [9.17, 15) is 21.6 Å². The van der Waals surface area contributed by atoms with Gasteiger partial charge in [0.05, 0.1) is 29.2 Å². The minimum absolute atomic E-state index is 0.0955. The first-order valence-electron chi connectivity index (χ1n) is 8.59. The Kier molecular flexibility index (Phi) is 4.53. The molecule has 0 saturated heterocycles. The maximum Gasteiger partial charge on any atom is 0.419 e. The molecule has 3 heterocycles. The Morgan fingerprint density at radius 1 is 1.10 bits per heavy atom. The first kappa shape index (κ1) is 19.9. The van der Waals surface area contributed by atoms with Crippen LogP contribution in [-0.2, 0) is 23.2 Å². The number of aromatic nitrogens is 5. The minimum atomic E-state index is -4.54. The minimum Gasteiger partial charge on any atom is -0.277 e. The molecule has 0 spiro atoms. The summed E-state index contributed by atoms with van der Waals surface area (Å²) in [4.78, 5) is 3.88. The molecular weight excluding hydrogens is 421 g/mol. The summed E-state index contributed by atoms with van der Waals surface area (Å²) in [6.07, 6.45) is -0.366. The van der Waals surface area contributed by atoms with Crippen molar-refractivity contribution in [3.63, 3.8) is 0 Å². The van der Waals surface area contributed by atoms with Crippen LogP contribution in [0.15, 0.2) is 53.9 Å². The van der Waals surface area contributed by atoms with Crippen molar-refractivity contribution in [2.75, 3.05) is 4.72 Å². The van der Waals surface area contributed by atoms with Crippen molar-refractivity contribution in [1.82, 2.24) is 24.5 Å². The zero-order valence-corrected chi connectivity index (χ0v) is 16.5. The molecule has 8 nitrogen and oxygen atoms in total. The van der Waals surface area contributed by atoms with Gasteiger partial charge in [0.2, 0.25) is 0 Å². The topological polar surface area (TPSA) is 94.7 Å². The van der Waals surface area contributed by atoms with E-state index in [1.54, 1.807) is 36.1 Å². The van der Waals surface area contributed by atoms with Gasteiger partial charge >= 0.3 is 6.18 Å². The number of hydrogen-bond acceptors (Lipinski definition) is 5. The molecular formula is C18H15F3N6O2S. The second kappa shape index (κ2) is 6.83. The largest absolute Gasteiger partial charge is 0.419 e. The number of aryl methyl sites for hydroxylation is 2. The van der Waals surface area contributed by atoms with Gasteiger partial charge in [0.25, 0.3) is 10.0 Å². The van der Waals surface area contributed by atoms with Gasteiger partial charge in [-0.2, -0.15) is 23.4 Å². The van der Waals surface area contributed by atoms with Crippen LogP contribution < -0.4 is 4.72 Å². The maximum atomic E-state index is 12.9. The van der Waals surface area contributed by atoms with Gasteiger partial charge in [-0.05, 0) is 24.6 Å². The molecule has 1 aromatic carbocycles. The summed E-state index contributed by atoms with van der Waals surface area (Å²) < 4.78 is 69.1. The lowest BCUT2D eigenvalue weighted by Crippen LogP contribution is -2.15. The third-order valence-electron chi connectivity index (χ3n) is 4.47. The van der Waals surface area contributed by atoms with Gasteiger partial charge in [0, 0.05) is 24.8 Å². The van der Waals surface area contributed by atoms with E-state index in [0.717, 1.165) is 22.5 Å². The van der Waals surface area contributed by atoms with Crippen molar-refractivity contribution in [3.05, 3.63) is 60.2 Å². The molecule has 0 amide bonds. The highest BCUT2D eigenvalue weighted by molar-refractivity contribution is 7.92. The first-order valence-corrected chi connectivity index (χ1v) is 10.1. The summed E-state index contributed by atoms with van der Waals surface area (Å²) in [6.45, 7) is 1.54. The van der Waals surface area contributed by atoms with E-state index in [-0.39, 0.29) is 10.7 Å². The van der Waals surface area contributed by atoms with E-state index in [1.165, 1.54) is 13.0 Å². The monoisotopic (exact) mass is 436 g/mol. The molecule has 0 saturated carbocycles. The quantitative estimate of drug-likeness (QED) is 0.530. The van der Waals surface area contributed by atoms with Crippen LogP contribution in [0.4, 0.5) is 18.9 Å². The van der Waals surface area contributed by atoms with Gasteiger partial charge in [0.15, 0.2) is 5.82 Å². The third-order valence-corrected chi connectivity index (χ3v) is 5.80. The van der Waals surface area contributed by atoms with Crippen molar-refractivity contribution in [2.24, 2.45) is 7.05 Å². The van der Waals surface area contributed by atoms with E-state index in [4.69, 9.17) is 0 Å². The Bertz CT molecular complexity index is 1360. The van der Waals surface area contributed by atoms with E-state index in [2.05, 4.69) is 19.9 Å². The van der Waals surface area contributed by atoms with Gasteiger partial charge in [-0.3, -0.25) is 9.40 Å². The Morgan fingerprint density at radius 3 is 2.53 bits per heavy atom. The summed E-state index contributed by atoms with van der Waals surface area (Å²) in [5.41, 5.74) is 0.370. The fourth-order valence-corrected chi connectivity index (χ4v) is 4.13. The lowest BCUT2D eigenvalue weighted by Gasteiger charge is -2.12. The van der Waals surface area contributed by atoms with Crippen LogP contribution in [0.5, 0.6) is 0 Å². The zero-order valence-electron chi connectivity index (χ0n) is 15.7. The van der Waals surface area contributed by atoms with Gasteiger partial charge in [-0.15, -0.1) is 0 Å². The molecule has 0 unspecified atom stereocenters. The first-order chi connectivity index (χ1) is 14.1. The number of sulfonamides is 1. The molecule has 4 aromatic rings. The molecule has 0 aliphatic carbocycles. The normalized spacial score (nSPS) is 12.4. The predicted octanol–water partition coefficient (Wildman–Crippen LogP) is 3.28. The highest BCUT2D eigenvalue weighted by atomic mass is 32.2. The fourth-order valence-electron chi connectivity index (χ4n) is 3.03. The highest BCUT2D eigenvalue weighted by Gasteiger charge is 2.32. The number of rotatable bonds is 4. The molecule has 3 aromatic heterocycles. The van der Waals surface area contributed by atoms with Gasteiger partial charge in [-0.25, -0.2) is 18.1 Å². The lowest BCUT2D eigenvalue weighted by atomic mass is 10.2. The van der Waals surface area contributed by atoms with E-state index < -0.39 is 21.8 Å². The summed E-state index contributed by atoms with van der Waals surface area (Å²) in [5.74, 6) is 0.0955. The smallest absolute Gasteiger partial charge is 0.277 e. The molecule has 4 rings (SSSR count). The molecule has 0 bridgehead atoms. The third kappa shape index (κ3) is 3.49. The van der Waals surface area contributed by atoms with Crippen LogP contribution in [0.1, 0.15) is 11.1 Å².